The number of aromatic nitrogens is 2. The van der Waals surface area contributed by atoms with Gasteiger partial charge < -0.3 is 14.4 Å². The summed E-state index contributed by atoms with van der Waals surface area (Å²) in [4.78, 5) is 14.6. The van der Waals surface area contributed by atoms with E-state index in [2.05, 4.69) is 4.98 Å². The highest BCUT2D eigenvalue weighted by molar-refractivity contribution is 5.85. The maximum Gasteiger partial charge on any atom is 0.354 e. The number of carboxylic acids is 1. The van der Waals surface area contributed by atoms with Gasteiger partial charge in [-0.25, -0.2) is 9.78 Å². The average Bonchev–Trinajstić information content (AvgIpc) is 2.47. The smallest absolute Gasteiger partial charge is 0.354 e. The summed E-state index contributed by atoms with van der Waals surface area (Å²) in [5.74, 6) is -0.241. The van der Waals surface area contributed by atoms with E-state index in [1.165, 1.54) is 6.20 Å². The lowest BCUT2D eigenvalue weighted by atomic mass is 10.4. The molecule has 0 aromatic carbocycles. The Bertz CT molecular complexity index is 318. The first-order valence-electron chi connectivity index (χ1n) is 3.64. The number of nitrogens with zero attached hydrogens (tertiary/aromatic N) is 2. The maximum atomic E-state index is 10.6. The molecule has 1 aromatic heterocycles. The van der Waals surface area contributed by atoms with Gasteiger partial charge in [0.1, 0.15) is 18.1 Å². The predicted octanol–water partition coefficient (Wildman–Crippen LogP) is 0.111. The fourth-order valence-corrected chi connectivity index (χ4v) is 1.27. The first kappa shape index (κ1) is 7.30. The van der Waals surface area contributed by atoms with Crippen LogP contribution in [-0.2, 0) is 17.9 Å². The molecule has 0 saturated carbocycles. The average molecular weight is 168 g/mol. The molecule has 0 spiro atoms. The summed E-state index contributed by atoms with van der Waals surface area (Å²) in [6.45, 7) is 1.55. The Morgan fingerprint density at radius 2 is 2.58 bits per heavy atom. The van der Waals surface area contributed by atoms with Gasteiger partial charge >= 0.3 is 5.97 Å². The topological polar surface area (TPSA) is 64.3 Å². The molecule has 0 unspecified atom stereocenters. The number of imidazole rings is 1. The van der Waals surface area contributed by atoms with Crippen molar-refractivity contribution >= 4 is 5.97 Å². The van der Waals surface area contributed by atoms with E-state index in [1.807, 2.05) is 0 Å². The predicted molar refractivity (Wildman–Crippen MR) is 38.8 cm³/mol. The van der Waals surface area contributed by atoms with Gasteiger partial charge in [0.15, 0.2) is 0 Å². The Labute approximate surface area is 68.6 Å². The molecule has 1 aliphatic rings. The minimum Gasteiger partial charge on any atom is -0.477 e. The molecule has 0 fully saturated rings. The number of rotatable bonds is 1. The highest BCUT2D eigenvalue weighted by atomic mass is 16.5. The Balaban J connectivity index is 2.44. The van der Waals surface area contributed by atoms with Crippen LogP contribution < -0.4 is 0 Å². The Hall–Kier alpha value is -1.36. The van der Waals surface area contributed by atoms with Crippen molar-refractivity contribution in [3.63, 3.8) is 0 Å². The van der Waals surface area contributed by atoms with Gasteiger partial charge in [-0.3, -0.25) is 0 Å². The SMILES string of the molecule is O=C(O)c1cnc2n1CCOC2. The maximum absolute atomic E-state index is 10.6. The molecule has 1 aromatic rings. The monoisotopic (exact) mass is 168 g/mol. The molecule has 0 amide bonds. The van der Waals surface area contributed by atoms with E-state index in [4.69, 9.17) is 9.84 Å². The van der Waals surface area contributed by atoms with Crippen molar-refractivity contribution in [2.75, 3.05) is 6.61 Å². The van der Waals surface area contributed by atoms with Gasteiger partial charge in [-0.15, -0.1) is 0 Å². The van der Waals surface area contributed by atoms with Crippen LogP contribution in [0, 0.1) is 0 Å². The minimum absolute atomic E-state index is 0.244. The fourth-order valence-electron chi connectivity index (χ4n) is 1.27. The van der Waals surface area contributed by atoms with E-state index in [-0.39, 0.29) is 5.69 Å². The van der Waals surface area contributed by atoms with Gasteiger partial charge in [0.05, 0.1) is 12.8 Å². The van der Waals surface area contributed by atoms with Crippen LogP contribution >= 0.6 is 0 Å². The molecule has 2 rings (SSSR count). The third-order valence-electron chi connectivity index (χ3n) is 1.85. The van der Waals surface area contributed by atoms with E-state index in [9.17, 15) is 4.79 Å². The van der Waals surface area contributed by atoms with Crippen molar-refractivity contribution in [1.29, 1.82) is 0 Å². The van der Waals surface area contributed by atoms with Crippen LogP contribution in [0.15, 0.2) is 6.20 Å². The van der Waals surface area contributed by atoms with Crippen LogP contribution in [0.5, 0.6) is 0 Å². The van der Waals surface area contributed by atoms with Gasteiger partial charge in [0.25, 0.3) is 0 Å². The molecule has 1 aliphatic heterocycles. The number of carboxylic acid groups (broad SMARTS) is 1. The van der Waals surface area contributed by atoms with Crippen LogP contribution in [0.1, 0.15) is 16.3 Å². The normalized spacial score (nSPS) is 15.7. The summed E-state index contributed by atoms with van der Waals surface area (Å²) in [7, 11) is 0. The van der Waals surface area contributed by atoms with Crippen molar-refractivity contribution in [2.45, 2.75) is 13.2 Å². The minimum atomic E-state index is -0.935. The van der Waals surface area contributed by atoms with Crippen LogP contribution in [-0.4, -0.2) is 27.2 Å². The highest BCUT2D eigenvalue weighted by Crippen LogP contribution is 2.10. The zero-order chi connectivity index (χ0) is 8.55. The molecule has 5 nitrogen and oxygen atoms in total. The second kappa shape index (κ2) is 2.60. The van der Waals surface area contributed by atoms with Crippen molar-refractivity contribution in [2.24, 2.45) is 0 Å². The molecule has 0 bridgehead atoms. The zero-order valence-electron chi connectivity index (χ0n) is 6.36. The van der Waals surface area contributed by atoms with Crippen LogP contribution in [0.2, 0.25) is 0 Å². The van der Waals surface area contributed by atoms with E-state index in [0.29, 0.717) is 25.6 Å². The first-order chi connectivity index (χ1) is 5.79. The number of ether oxygens (including phenoxy) is 1. The van der Waals surface area contributed by atoms with Gasteiger partial charge in [-0.2, -0.15) is 0 Å². The van der Waals surface area contributed by atoms with Crippen LogP contribution in [0.4, 0.5) is 0 Å². The highest BCUT2D eigenvalue weighted by Gasteiger charge is 2.17. The molecule has 0 saturated heterocycles. The lowest BCUT2D eigenvalue weighted by molar-refractivity contribution is 0.0642. The lowest BCUT2D eigenvalue weighted by Crippen LogP contribution is -2.20. The van der Waals surface area contributed by atoms with Crippen molar-refractivity contribution in [3.05, 3.63) is 17.7 Å². The zero-order valence-corrected chi connectivity index (χ0v) is 6.36. The van der Waals surface area contributed by atoms with E-state index in [1.54, 1.807) is 4.57 Å². The van der Waals surface area contributed by atoms with E-state index >= 15 is 0 Å². The third kappa shape index (κ3) is 0.984. The molecule has 5 heteroatoms. The van der Waals surface area contributed by atoms with Gasteiger partial charge in [-0.1, -0.05) is 0 Å². The number of hydrogen-bond acceptors (Lipinski definition) is 3. The number of carbonyl (C=O) groups is 1. The third-order valence-corrected chi connectivity index (χ3v) is 1.85. The fraction of sp³-hybridized carbons (Fsp3) is 0.429. The number of aromatic carboxylic acids is 1. The van der Waals surface area contributed by atoms with Crippen LogP contribution in [0.25, 0.3) is 0 Å². The second-order valence-corrected chi connectivity index (χ2v) is 2.57. The Kier molecular flexibility index (Phi) is 1.58. The number of fused-ring (bicyclic) bond motifs is 1. The summed E-state index contributed by atoms with van der Waals surface area (Å²) >= 11 is 0. The standard InChI is InChI=1S/C7H8N2O3/c10-7(11)5-3-8-6-4-12-2-1-9(5)6/h3H,1-2,4H2,(H,10,11). The summed E-state index contributed by atoms with van der Waals surface area (Å²) in [5, 5.41) is 8.73. The summed E-state index contributed by atoms with van der Waals surface area (Å²) < 4.78 is 6.79. The number of hydrogen-bond donors (Lipinski definition) is 1. The van der Waals surface area contributed by atoms with Crippen molar-refractivity contribution in [3.8, 4) is 0 Å². The van der Waals surface area contributed by atoms with Gasteiger partial charge in [0, 0.05) is 6.54 Å². The van der Waals surface area contributed by atoms with Gasteiger partial charge in [0.2, 0.25) is 0 Å². The van der Waals surface area contributed by atoms with E-state index in [0.717, 1.165) is 0 Å². The molecule has 2 heterocycles. The molecule has 0 aliphatic carbocycles. The summed E-state index contributed by atoms with van der Waals surface area (Å²) in [6, 6.07) is 0. The first-order valence-corrected chi connectivity index (χ1v) is 3.64. The van der Waals surface area contributed by atoms with Crippen LogP contribution in [0.3, 0.4) is 0 Å². The largest absolute Gasteiger partial charge is 0.477 e. The molecule has 12 heavy (non-hydrogen) atoms. The molecular weight excluding hydrogens is 160 g/mol. The molecular formula is C7H8N2O3. The summed E-state index contributed by atoms with van der Waals surface area (Å²) in [5.41, 5.74) is 0.244. The molecule has 0 atom stereocenters. The molecule has 1 N–H and O–H groups in total. The van der Waals surface area contributed by atoms with Gasteiger partial charge in [-0.05, 0) is 0 Å². The lowest BCUT2D eigenvalue weighted by Gasteiger charge is -2.15. The van der Waals surface area contributed by atoms with E-state index < -0.39 is 5.97 Å². The molecule has 0 radical (unpaired) electrons. The Morgan fingerprint density at radius 3 is 3.33 bits per heavy atom. The molecule has 64 valence electrons. The second-order valence-electron chi connectivity index (χ2n) is 2.57. The Morgan fingerprint density at radius 1 is 1.75 bits per heavy atom. The van der Waals surface area contributed by atoms with Crippen molar-refractivity contribution < 1.29 is 14.6 Å². The van der Waals surface area contributed by atoms with Crippen molar-refractivity contribution in [1.82, 2.24) is 9.55 Å². The summed E-state index contributed by atoms with van der Waals surface area (Å²) in [6.07, 6.45) is 1.37. The quantitative estimate of drug-likeness (QED) is 0.646.